The van der Waals surface area contributed by atoms with Gasteiger partial charge in [0.05, 0.1) is 12.5 Å². The number of carboxylic acids is 1. The number of likely N-dealkylation sites (N-methyl/N-ethyl adjacent to an activating group) is 1. The second-order valence-electron chi connectivity index (χ2n) is 9.17. The van der Waals surface area contributed by atoms with Crippen LogP contribution in [0.1, 0.15) is 28.3 Å². The molecule has 0 unspecified atom stereocenters. The van der Waals surface area contributed by atoms with Crippen molar-refractivity contribution in [3.05, 3.63) is 65.5 Å². The van der Waals surface area contributed by atoms with Crippen LogP contribution in [0.15, 0.2) is 48.5 Å². The molecule has 3 rings (SSSR count). The van der Waals surface area contributed by atoms with Gasteiger partial charge in [0.15, 0.2) is 0 Å². The molecule has 2 aromatic carbocycles. The summed E-state index contributed by atoms with van der Waals surface area (Å²) in [5, 5.41) is 7.12. The van der Waals surface area contributed by atoms with E-state index in [4.69, 9.17) is 15.6 Å². The summed E-state index contributed by atoms with van der Waals surface area (Å²) in [5.74, 6) is -5.30. The lowest BCUT2D eigenvalue weighted by molar-refractivity contribution is -0.192. The van der Waals surface area contributed by atoms with Crippen LogP contribution >= 0.6 is 0 Å². The number of anilines is 1. The fraction of sp³-hybridized carbons (Fsp3) is 0.385. The SMILES string of the molecule is CN(C)C(=O)[C@@H](c1ccc(N(C)C(=O)c2ccc(F)cc2)cc1)[C@H](N)C(=O)N1CC[C@H](F)C1.O=C(O)C(F)(F)F. The van der Waals surface area contributed by atoms with Crippen LogP contribution in [0.3, 0.4) is 0 Å². The number of alkyl halides is 4. The van der Waals surface area contributed by atoms with E-state index in [1.807, 2.05) is 0 Å². The second kappa shape index (κ2) is 13.3. The number of hydrogen-bond donors (Lipinski definition) is 2. The summed E-state index contributed by atoms with van der Waals surface area (Å²) in [6.07, 6.45) is -5.91. The molecule has 2 aromatic rings. The Hall–Kier alpha value is -4.07. The molecule has 218 valence electrons. The second-order valence-corrected chi connectivity index (χ2v) is 9.17. The van der Waals surface area contributed by atoms with Crippen molar-refractivity contribution in [3.8, 4) is 0 Å². The number of halogens is 5. The molecule has 1 saturated heterocycles. The smallest absolute Gasteiger partial charge is 0.475 e. The summed E-state index contributed by atoms with van der Waals surface area (Å²) in [7, 11) is 4.73. The van der Waals surface area contributed by atoms with Gasteiger partial charge in [0.25, 0.3) is 5.91 Å². The van der Waals surface area contributed by atoms with E-state index in [1.165, 1.54) is 39.0 Å². The third-order valence-corrected chi connectivity index (χ3v) is 6.07. The van der Waals surface area contributed by atoms with Crippen LogP contribution in [0.4, 0.5) is 27.6 Å². The van der Waals surface area contributed by atoms with Crippen molar-refractivity contribution in [3.63, 3.8) is 0 Å². The Labute approximate surface area is 226 Å². The van der Waals surface area contributed by atoms with Crippen LogP contribution in [0.2, 0.25) is 0 Å². The Balaban J connectivity index is 0.000000708. The molecule has 3 amide bonds. The molecule has 0 aromatic heterocycles. The molecule has 3 atom stereocenters. The van der Waals surface area contributed by atoms with Crippen molar-refractivity contribution in [2.75, 3.05) is 39.1 Å². The van der Waals surface area contributed by atoms with Gasteiger partial charge in [-0.05, 0) is 48.4 Å². The minimum atomic E-state index is -5.08. The Morgan fingerprint density at radius 2 is 1.52 bits per heavy atom. The highest BCUT2D eigenvalue weighted by molar-refractivity contribution is 6.05. The maximum absolute atomic E-state index is 13.6. The molecule has 1 aliphatic rings. The van der Waals surface area contributed by atoms with Crippen LogP contribution in [0, 0.1) is 5.82 Å². The number of nitrogens with two attached hydrogens (primary N) is 1. The molecule has 9 nitrogen and oxygen atoms in total. The highest BCUT2D eigenvalue weighted by atomic mass is 19.4. The third kappa shape index (κ3) is 8.21. The number of aliphatic carboxylic acids is 1. The predicted octanol–water partition coefficient (Wildman–Crippen LogP) is 2.81. The third-order valence-electron chi connectivity index (χ3n) is 6.07. The average molecular weight is 573 g/mol. The van der Waals surface area contributed by atoms with Gasteiger partial charge in [-0.2, -0.15) is 13.2 Å². The summed E-state index contributed by atoms with van der Waals surface area (Å²) < 4.78 is 58.5. The maximum atomic E-state index is 13.6. The van der Waals surface area contributed by atoms with E-state index in [-0.39, 0.29) is 31.3 Å². The van der Waals surface area contributed by atoms with Gasteiger partial charge in [-0.25, -0.2) is 13.6 Å². The van der Waals surface area contributed by atoms with Crippen molar-refractivity contribution < 1.29 is 46.2 Å². The quantitative estimate of drug-likeness (QED) is 0.514. The molecule has 1 fully saturated rings. The van der Waals surface area contributed by atoms with Crippen molar-refractivity contribution in [2.24, 2.45) is 5.73 Å². The minimum absolute atomic E-state index is 0.0232. The van der Waals surface area contributed by atoms with Gasteiger partial charge in [-0.3, -0.25) is 14.4 Å². The number of carboxylic acid groups (broad SMARTS) is 1. The van der Waals surface area contributed by atoms with E-state index >= 15 is 0 Å². The fourth-order valence-corrected chi connectivity index (χ4v) is 3.86. The van der Waals surface area contributed by atoms with Crippen LogP contribution in [-0.2, 0) is 14.4 Å². The summed E-state index contributed by atoms with van der Waals surface area (Å²) in [6, 6.07) is 10.6. The van der Waals surface area contributed by atoms with E-state index in [2.05, 4.69) is 0 Å². The van der Waals surface area contributed by atoms with Gasteiger partial charge in [-0.15, -0.1) is 0 Å². The largest absolute Gasteiger partial charge is 0.490 e. The van der Waals surface area contributed by atoms with E-state index in [9.17, 15) is 36.3 Å². The van der Waals surface area contributed by atoms with Crippen molar-refractivity contribution in [2.45, 2.75) is 30.7 Å². The molecule has 0 radical (unpaired) electrons. The standard InChI is InChI=1S/C24H28F2N4O3.C2HF3O2/c1-28(2)23(32)20(21(27)24(33)30-13-12-18(26)14-30)15-6-10-19(11-7-15)29(3)22(31)16-4-8-17(25)9-5-16;3-2(4,5)1(6)7/h4-11,18,20-21H,12-14,27H2,1-3H3;(H,6,7)/t18-,20-,21-;/m0./s1. The fourth-order valence-electron chi connectivity index (χ4n) is 3.86. The molecular weight excluding hydrogens is 543 g/mol. The Kier molecular flexibility index (Phi) is 10.7. The molecule has 3 N–H and O–H groups in total. The van der Waals surface area contributed by atoms with Gasteiger partial charge in [0, 0.05) is 38.9 Å². The topological polar surface area (TPSA) is 124 Å². The summed E-state index contributed by atoms with van der Waals surface area (Å²) >= 11 is 0. The van der Waals surface area contributed by atoms with Gasteiger partial charge in [0.1, 0.15) is 18.0 Å². The summed E-state index contributed by atoms with van der Waals surface area (Å²) in [6.45, 7) is 0.246. The average Bonchev–Trinajstić information content (AvgIpc) is 3.34. The minimum Gasteiger partial charge on any atom is -0.475 e. The normalized spacial score (nSPS) is 16.3. The number of amides is 3. The number of rotatable bonds is 6. The van der Waals surface area contributed by atoms with Gasteiger partial charge in [-0.1, -0.05) is 12.1 Å². The van der Waals surface area contributed by atoms with Crippen LogP contribution in [0.25, 0.3) is 0 Å². The number of likely N-dealkylation sites (tertiary alicyclic amines) is 1. The lowest BCUT2D eigenvalue weighted by Gasteiger charge is -2.29. The molecule has 0 aliphatic carbocycles. The molecule has 14 heteroatoms. The zero-order valence-electron chi connectivity index (χ0n) is 21.9. The van der Waals surface area contributed by atoms with Crippen molar-refractivity contribution >= 4 is 29.4 Å². The summed E-state index contributed by atoms with van der Waals surface area (Å²) in [4.78, 5) is 51.5. The molecule has 0 spiro atoms. The number of carbonyl (C=O) groups is 4. The lowest BCUT2D eigenvalue weighted by Crippen LogP contribution is -2.50. The maximum Gasteiger partial charge on any atom is 0.490 e. The lowest BCUT2D eigenvalue weighted by atomic mass is 9.89. The first-order chi connectivity index (χ1) is 18.5. The first kappa shape index (κ1) is 32.1. The highest BCUT2D eigenvalue weighted by Gasteiger charge is 2.39. The molecule has 1 aliphatic heterocycles. The van der Waals surface area contributed by atoms with Crippen LogP contribution in [0.5, 0.6) is 0 Å². The monoisotopic (exact) mass is 572 g/mol. The van der Waals surface area contributed by atoms with Gasteiger partial charge >= 0.3 is 12.1 Å². The van der Waals surface area contributed by atoms with Crippen molar-refractivity contribution in [1.29, 1.82) is 0 Å². The number of nitrogens with zero attached hydrogens (tertiary/aromatic N) is 3. The molecule has 40 heavy (non-hydrogen) atoms. The van der Waals surface area contributed by atoms with Crippen LogP contribution in [-0.4, -0.2) is 91.2 Å². The Morgan fingerprint density at radius 3 is 1.95 bits per heavy atom. The van der Waals surface area contributed by atoms with E-state index in [0.717, 1.165) is 0 Å². The zero-order valence-corrected chi connectivity index (χ0v) is 21.9. The number of hydrogen-bond acceptors (Lipinski definition) is 5. The predicted molar refractivity (Wildman–Crippen MR) is 135 cm³/mol. The number of carbonyl (C=O) groups excluding carboxylic acids is 3. The van der Waals surface area contributed by atoms with Gasteiger partial charge in [0.2, 0.25) is 11.8 Å². The zero-order chi connectivity index (χ0) is 30.4. The highest BCUT2D eigenvalue weighted by Crippen LogP contribution is 2.27. The summed E-state index contributed by atoms with van der Waals surface area (Å²) in [5.41, 5.74) is 7.62. The van der Waals surface area contributed by atoms with E-state index in [0.29, 0.717) is 16.8 Å². The molecule has 0 saturated carbocycles. The van der Waals surface area contributed by atoms with Crippen LogP contribution < -0.4 is 10.6 Å². The van der Waals surface area contributed by atoms with E-state index < -0.39 is 42.0 Å². The van der Waals surface area contributed by atoms with Gasteiger partial charge < -0.3 is 25.5 Å². The Morgan fingerprint density at radius 1 is 1.00 bits per heavy atom. The number of benzene rings is 2. The van der Waals surface area contributed by atoms with Crippen molar-refractivity contribution in [1.82, 2.24) is 9.80 Å². The first-order valence-corrected chi connectivity index (χ1v) is 11.9. The molecular formula is C26H29F5N4O5. The van der Waals surface area contributed by atoms with E-state index in [1.54, 1.807) is 45.4 Å². The molecule has 0 bridgehead atoms. The molecule has 1 heterocycles. The Bertz CT molecular complexity index is 1210. The first-order valence-electron chi connectivity index (χ1n) is 11.9.